The van der Waals surface area contributed by atoms with Gasteiger partial charge in [-0.15, -0.1) is 0 Å². The fourth-order valence-electron chi connectivity index (χ4n) is 8.17. The van der Waals surface area contributed by atoms with Crippen LogP contribution in [0.3, 0.4) is 0 Å². The van der Waals surface area contributed by atoms with Gasteiger partial charge in [-0.2, -0.15) is 10.5 Å². The van der Waals surface area contributed by atoms with E-state index in [1.165, 1.54) is 0 Å². The molecule has 0 atom stereocenters. The number of nitrogens with zero attached hydrogens (tertiary/aromatic N) is 6. The second-order valence-corrected chi connectivity index (χ2v) is 13.4. The Morgan fingerprint density at radius 3 is 1.27 bits per heavy atom. The number of para-hydroxylation sites is 4. The number of ether oxygens (including phenoxy) is 1. The predicted octanol–water partition coefficient (Wildman–Crippen LogP) is 10.9. The molecule has 0 saturated heterocycles. The molecule has 0 fully saturated rings. The fraction of sp³-hybridized carbons (Fsp3) is 0.0208. The third-order valence-electron chi connectivity index (χ3n) is 10.4. The lowest BCUT2D eigenvalue weighted by atomic mass is 9.61. The van der Waals surface area contributed by atoms with Crippen LogP contribution in [0.25, 0.3) is 34.2 Å². The van der Waals surface area contributed by atoms with Crippen molar-refractivity contribution in [2.75, 3.05) is 4.90 Å². The van der Waals surface area contributed by atoms with E-state index in [0.29, 0.717) is 39.9 Å². The highest BCUT2D eigenvalue weighted by molar-refractivity contribution is 5.94. The first-order chi connectivity index (χ1) is 27.2. The van der Waals surface area contributed by atoms with Crippen molar-refractivity contribution < 1.29 is 4.74 Å². The van der Waals surface area contributed by atoms with Crippen LogP contribution in [0.4, 0.5) is 17.1 Å². The van der Waals surface area contributed by atoms with E-state index in [2.05, 4.69) is 53.4 Å². The van der Waals surface area contributed by atoms with Gasteiger partial charge in [-0.05, 0) is 47.5 Å². The van der Waals surface area contributed by atoms with Gasteiger partial charge in [0.2, 0.25) is 0 Å². The van der Waals surface area contributed by atoms with E-state index in [1.54, 1.807) is 12.1 Å². The Hall–Kier alpha value is -7.87. The topological polar surface area (TPSA) is 98.7 Å². The molecule has 10 rings (SSSR count). The smallest absolute Gasteiger partial charge is 0.164 e. The molecule has 7 heteroatoms. The average molecular weight is 705 g/mol. The monoisotopic (exact) mass is 704 g/mol. The first-order valence-corrected chi connectivity index (χ1v) is 17.9. The van der Waals surface area contributed by atoms with Crippen LogP contribution in [0, 0.1) is 22.7 Å². The van der Waals surface area contributed by atoms with Crippen molar-refractivity contribution in [1.82, 2.24) is 15.0 Å². The van der Waals surface area contributed by atoms with Crippen molar-refractivity contribution in [2.24, 2.45) is 0 Å². The van der Waals surface area contributed by atoms with Crippen LogP contribution in [0.2, 0.25) is 0 Å². The summed E-state index contributed by atoms with van der Waals surface area (Å²) in [6, 6.07) is 60.8. The van der Waals surface area contributed by atoms with Gasteiger partial charge in [0.05, 0.1) is 33.6 Å². The summed E-state index contributed by atoms with van der Waals surface area (Å²) in [5.74, 6) is 2.90. The molecule has 0 radical (unpaired) electrons. The van der Waals surface area contributed by atoms with Gasteiger partial charge in [-0.3, -0.25) is 0 Å². The number of rotatable bonds is 4. The zero-order valence-corrected chi connectivity index (χ0v) is 29.3. The molecule has 7 nitrogen and oxygen atoms in total. The van der Waals surface area contributed by atoms with E-state index in [9.17, 15) is 10.5 Å². The number of anilines is 3. The Bertz CT molecular complexity index is 2710. The molecule has 0 aliphatic carbocycles. The molecule has 0 amide bonds. The second-order valence-electron chi connectivity index (χ2n) is 13.4. The van der Waals surface area contributed by atoms with Crippen LogP contribution in [-0.4, -0.2) is 15.0 Å². The number of hydrogen-bond acceptors (Lipinski definition) is 7. The van der Waals surface area contributed by atoms with Crippen molar-refractivity contribution in [2.45, 2.75) is 5.41 Å². The van der Waals surface area contributed by atoms with Gasteiger partial charge >= 0.3 is 0 Å². The predicted molar refractivity (Wildman–Crippen MR) is 212 cm³/mol. The summed E-state index contributed by atoms with van der Waals surface area (Å²) in [5, 5.41) is 21.9. The molecule has 8 aromatic rings. The van der Waals surface area contributed by atoms with Crippen LogP contribution >= 0.6 is 0 Å². The zero-order valence-electron chi connectivity index (χ0n) is 29.3. The highest BCUT2D eigenvalue weighted by atomic mass is 16.5. The van der Waals surface area contributed by atoms with E-state index in [-0.39, 0.29) is 0 Å². The SMILES string of the molecule is N#Cc1cc(-c2nc(-c3ccccc3)nc(-c3ccccc3)n2)cc(C#N)c1N1c2ccccc2C2(c3ccccc3Oc3ccccc32)c2ccccc21. The number of benzene rings is 7. The maximum Gasteiger partial charge on any atom is 0.164 e. The quantitative estimate of drug-likeness (QED) is 0.180. The summed E-state index contributed by atoms with van der Waals surface area (Å²) >= 11 is 0. The van der Waals surface area contributed by atoms with Crippen molar-refractivity contribution in [3.05, 3.63) is 203 Å². The molecular formula is C48H28N6O. The Morgan fingerprint density at radius 2 is 0.818 bits per heavy atom. The molecular weight excluding hydrogens is 677 g/mol. The molecule has 1 spiro atoms. The standard InChI is InChI=1S/C48H28N6O/c49-29-34-27-33(47-52-45(31-15-3-1-4-16-31)51-46(53-47)32-17-5-2-6-18-32)28-35(30-50)44(34)54-40-23-11-7-19-36(40)48(37-20-8-12-24-41(37)54)38-21-9-13-25-42(38)55-43-26-14-10-22-39(43)48/h1-28H. The summed E-state index contributed by atoms with van der Waals surface area (Å²) in [4.78, 5) is 16.7. The molecule has 55 heavy (non-hydrogen) atoms. The summed E-state index contributed by atoms with van der Waals surface area (Å²) in [7, 11) is 0. The summed E-state index contributed by atoms with van der Waals surface area (Å²) in [6.45, 7) is 0. The first-order valence-electron chi connectivity index (χ1n) is 17.9. The fourth-order valence-corrected chi connectivity index (χ4v) is 8.17. The summed E-state index contributed by atoms with van der Waals surface area (Å²) < 4.78 is 6.53. The van der Waals surface area contributed by atoms with Gasteiger partial charge in [0.1, 0.15) is 23.6 Å². The lowest BCUT2D eigenvalue weighted by Crippen LogP contribution is -2.39. The Kier molecular flexibility index (Phi) is 7.33. The maximum atomic E-state index is 10.9. The molecule has 7 aromatic carbocycles. The molecule has 0 bridgehead atoms. The normalized spacial score (nSPS) is 12.9. The Balaban J connectivity index is 1.22. The van der Waals surface area contributed by atoms with E-state index in [1.807, 2.05) is 121 Å². The van der Waals surface area contributed by atoms with Crippen molar-refractivity contribution in [1.29, 1.82) is 10.5 Å². The number of fused-ring (bicyclic) bond motifs is 8. The van der Waals surface area contributed by atoms with E-state index >= 15 is 0 Å². The lowest BCUT2D eigenvalue weighted by molar-refractivity contribution is 0.434. The largest absolute Gasteiger partial charge is 0.457 e. The molecule has 0 unspecified atom stereocenters. The Labute approximate surface area is 317 Å². The maximum absolute atomic E-state index is 10.9. The minimum atomic E-state index is -0.749. The molecule has 0 saturated carbocycles. The van der Waals surface area contributed by atoms with Crippen LogP contribution in [-0.2, 0) is 5.41 Å². The highest BCUT2D eigenvalue weighted by Gasteiger charge is 2.51. The molecule has 1 aromatic heterocycles. The third-order valence-corrected chi connectivity index (χ3v) is 10.4. The van der Waals surface area contributed by atoms with Crippen molar-refractivity contribution in [3.8, 4) is 57.8 Å². The van der Waals surface area contributed by atoms with Crippen LogP contribution < -0.4 is 9.64 Å². The number of aromatic nitrogens is 3. The van der Waals surface area contributed by atoms with Gasteiger partial charge in [-0.25, -0.2) is 15.0 Å². The average Bonchev–Trinajstić information content (AvgIpc) is 3.26. The van der Waals surface area contributed by atoms with E-state index in [0.717, 1.165) is 56.3 Å². The zero-order chi connectivity index (χ0) is 36.9. The molecule has 256 valence electrons. The van der Waals surface area contributed by atoms with Gasteiger partial charge in [0.25, 0.3) is 0 Å². The highest BCUT2D eigenvalue weighted by Crippen LogP contribution is 2.63. The van der Waals surface area contributed by atoms with E-state index in [4.69, 9.17) is 19.7 Å². The first kappa shape index (κ1) is 31.8. The molecule has 2 aliphatic heterocycles. The van der Waals surface area contributed by atoms with Gasteiger partial charge < -0.3 is 9.64 Å². The van der Waals surface area contributed by atoms with Crippen LogP contribution in [0.5, 0.6) is 11.5 Å². The third kappa shape index (κ3) is 4.85. The summed E-state index contributed by atoms with van der Waals surface area (Å²) in [6.07, 6.45) is 0. The Morgan fingerprint density at radius 1 is 0.436 bits per heavy atom. The summed E-state index contributed by atoms with van der Waals surface area (Å²) in [5.41, 5.74) is 8.30. The van der Waals surface area contributed by atoms with Gasteiger partial charge in [0, 0.05) is 27.8 Å². The molecule has 0 N–H and O–H groups in total. The van der Waals surface area contributed by atoms with Crippen LogP contribution in [0.15, 0.2) is 170 Å². The lowest BCUT2D eigenvalue weighted by Gasteiger charge is -2.48. The minimum absolute atomic E-state index is 0.310. The molecule has 2 aliphatic rings. The second kappa shape index (κ2) is 12.7. The van der Waals surface area contributed by atoms with Crippen molar-refractivity contribution >= 4 is 17.1 Å². The number of hydrogen-bond donors (Lipinski definition) is 0. The molecule has 3 heterocycles. The van der Waals surface area contributed by atoms with E-state index < -0.39 is 5.41 Å². The van der Waals surface area contributed by atoms with Crippen LogP contribution in [0.1, 0.15) is 33.4 Å². The van der Waals surface area contributed by atoms with Gasteiger partial charge in [-0.1, -0.05) is 133 Å². The number of nitriles is 2. The minimum Gasteiger partial charge on any atom is -0.457 e. The van der Waals surface area contributed by atoms with Gasteiger partial charge in [0.15, 0.2) is 17.5 Å². The van der Waals surface area contributed by atoms with Crippen molar-refractivity contribution in [3.63, 3.8) is 0 Å².